The van der Waals surface area contributed by atoms with E-state index in [0.29, 0.717) is 23.4 Å². The summed E-state index contributed by atoms with van der Waals surface area (Å²) in [6.07, 6.45) is 1.35. The van der Waals surface area contributed by atoms with Crippen LogP contribution in [-0.4, -0.2) is 57.6 Å². The maximum atomic E-state index is 12.8. The molecule has 0 saturated heterocycles. The summed E-state index contributed by atoms with van der Waals surface area (Å²) in [5, 5.41) is 4.53. The number of nitrogens with zero attached hydrogens (tertiary/aromatic N) is 1. The average molecular weight is 455 g/mol. The number of methoxy groups -OCH3 is 1. The van der Waals surface area contributed by atoms with Gasteiger partial charge in [-0.3, -0.25) is 14.9 Å². The van der Waals surface area contributed by atoms with Gasteiger partial charge in [0, 0.05) is 23.9 Å². The summed E-state index contributed by atoms with van der Waals surface area (Å²) in [6, 6.07) is 9.68. The molecule has 9 nitrogen and oxygen atoms in total. The molecule has 3 rings (SSSR count). The molecule has 10 heteroatoms. The monoisotopic (exact) mass is 455 g/mol. The van der Waals surface area contributed by atoms with Crippen LogP contribution >= 0.6 is 0 Å². The Bertz CT molecular complexity index is 1210. The van der Waals surface area contributed by atoms with Gasteiger partial charge >= 0.3 is 6.03 Å². The van der Waals surface area contributed by atoms with Gasteiger partial charge in [-0.15, -0.1) is 0 Å². The number of urea groups is 1. The predicted molar refractivity (Wildman–Crippen MR) is 116 cm³/mol. The van der Waals surface area contributed by atoms with Crippen LogP contribution in [-0.2, 0) is 21.2 Å². The first-order chi connectivity index (χ1) is 15.2. The zero-order chi connectivity index (χ0) is 23.3. The Labute approximate surface area is 185 Å². The van der Waals surface area contributed by atoms with E-state index < -0.39 is 21.9 Å². The van der Waals surface area contributed by atoms with Crippen LogP contribution < -0.4 is 15.4 Å². The third kappa shape index (κ3) is 5.44. The topological polar surface area (TPSA) is 122 Å². The summed E-state index contributed by atoms with van der Waals surface area (Å²) < 4.78 is 28.3. The minimum Gasteiger partial charge on any atom is -0.497 e. The van der Waals surface area contributed by atoms with Gasteiger partial charge in [0.05, 0.1) is 18.6 Å². The highest BCUT2D eigenvalue weighted by atomic mass is 32.2. The van der Waals surface area contributed by atoms with E-state index in [1.54, 1.807) is 24.3 Å². The molecule has 0 saturated carbocycles. The quantitative estimate of drug-likeness (QED) is 0.494. The molecule has 2 aromatic carbocycles. The number of hydrogen-bond donors (Lipinski definition) is 2. The highest BCUT2D eigenvalue weighted by Crippen LogP contribution is 2.26. The number of fused-ring (bicyclic) bond motifs is 1. The molecule has 1 heterocycles. The summed E-state index contributed by atoms with van der Waals surface area (Å²) in [5.74, 6) is 6.08. The van der Waals surface area contributed by atoms with Gasteiger partial charge in [0.2, 0.25) is 6.41 Å². The van der Waals surface area contributed by atoms with Gasteiger partial charge < -0.3 is 15.0 Å². The van der Waals surface area contributed by atoms with Crippen molar-refractivity contribution in [3.8, 4) is 17.6 Å². The SMILES string of the molecule is COc1ccc2c(c1)C(=O)N(C[C@@H](C#Cc1ccc(S(C)(=O)=O)cc1)NC(=O)NC=O)C2. The molecule has 1 atom stereocenters. The largest absolute Gasteiger partial charge is 0.497 e. The van der Waals surface area contributed by atoms with Gasteiger partial charge in [0.15, 0.2) is 9.84 Å². The Hall–Kier alpha value is -3.84. The van der Waals surface area contributed by atoms with Gasteiger partial charge in [-0.1, -0.05) is 17.9 Å². The number of rotatable bonds is 6. The number of nitrogens with one attached hydrogen (secondary N) is 2. The molecule has 0 aromatic heterocycles. The summed E-state index contributed by atoms with van der Waals surface area (Å²) >= 11 is 0. The maximum absolute atomic E-state index is 12.8. The number of sulfone groups is 1. The van der Waals surface area contributed by atoms with Crippen molar-refractivity contribution in [1.29, 1.82) is 0 Å². The Morgan fingerprint density at radius 1 is 1.25 bits per heavy atom. The smallest absolute Gasteiger partial charge is 0.322 e. The van der Waals surface area contributed by atoms with Crippen molar-refractivity contribution in [3.63, 3.8) is 0 Å². The van der Waals surface area contributed by atoms with Crippen LogP contribution in [0.3, 0.4) is 0 Å². The summed E-state index contributed by atoms with van der Waals surface area (Å²) in [7, 11) is -1.81. The summed E-state index contributed by atoms with van der Waals surface area (Å²) in [6.45, 7) is 0.424. The van der Waals surface area contributed by atoms with Gasteiger partial charge in [0.25, 0.3) is 5.91 Å². The Morgan fingerprint density at radius 2 is 1.97 bits per heavy atom. The van der Waals surface area contributed by atoms with Gasteiger partial charge in [-0.2, -0.15) is 0 Å². The molecule has 2 N–H and O–H groups in total. The van der Waals surface area contributed by atoms with Crippen molar-refractivity contribution in [2.45, 2.75) is 17.5 Å². The fraction of sp³-hybridized carbons (Fsp3) is 0.227. The average Bonchev–Trinajstić information content (AvgIpc) is 3.06. The van der Waals surface area contributed by atoms with Crippen LogP contribution in [0.15, 0.2) is 47.4 Å². The highest BCUT2D eigenvalue weighted by molar-refractivity contribution is 7.90. The van der Waals surface area contributed by atoms with Crippen LogP contribution in [0.4, 0.5) is 4.79 Å². The second-order valence-corrected chi connectivity index (χ2v) is 9.08. The fourth-order valence-corrected chi connectivity index (χ4v) is 3.80. The molecule has 1 aliphatic heterocycles. The molecule has 0 spiro atoms. The predicted octanol–water partition coefficient (Wildman–Crippen LogP) is 0.930. The molecule has 32 heavy (non-hydrogen) atoms. The van der Waals surface area contributed by atoms with E-state index in [-0.39, 0.29) is 23.8 Å². The summed E-state index contributed by atoms with van der Waals surface area (Å²) in [5.41, 5.74) is 1.88. The van der Waals surface area contributed by atoms with Crippen molar-refractivity contribution in [1.82, 2.24) is 15.5 Å². The second kappa shape index (κ2) is 9.53. The molecule has 0 aliphatic carbocycles. The molecule has 166 valence electrons. The lowest BCUT2D eigenvalue weighted by atomic mass is 10.1. The molecule has 4 amide bonds. The van der Waals surface area contributed by atoms with Crippen LogP contribution in [0, 0.1) is 11.8 Å². The van der Waals surface area contributed by atoms with E-state index >= 15 is 0 Å². The van der Waals surface area contributed by atoms with E-state index in [1.165, 1.54) is 24.1 Å². The highest BCUT2D eigenvalue weighted by Gasteiger charge is 2.29. The third-order valence-electron chi connectivity index (χ3n) is 4.77. The van der Waals surface area contributed by atoms with Crippen LogP contribution in [0.1, 0.15) is 21.5 Å². The first-order valence-electron chi connectivity index (χ1n) is 9.50. The zero-order valence-corrected chi connectivity index (χ0v) is 18.2. The van der Waals surface area contributed by atoms with Crippen LogP contribution in [0.2, 0.25) is 0 Å². The van der Waals surface area contributed by atoms with Crippen molar-refractivity contribution >= 4 is 28.2 Å². The molecule has 0 unspecified atom stereocenters. The lowest BCUT2D eigenvalue weighted by molar-refractivity contribution is -0.108. The standard InChI is InChI=1S/C22H21N3O6S/c1-31-18-8-6-16-12-25(21(27)20(16)11-18)13-17(24-22(28)23-14-26)7-3-15-4-9-19(10-5-15)32(2,29)30/h4-6,8-11,14,17H,12-13H2,1-2H3,(H2,23,24,26,28)/t17-/m1/s1. The minimum atomic E-state index is -3.33. The molecule has 0 fully saturated rings. The molecular weight excluding hydrogens is 434 g/mol. The Kier molecular flexibility index (Phi) is 6.80. The van der Waals surface area contributed by atoms with E-state index in [2.05, 4.69) is 17.2 Å². The number of ether oxygens (including phenoxy) is 1. The van der Waals surface area contributed by atoms with E-state index in [1.807, 2.05) is 11.4 Å². The molecule has 2 aromatic rings. The third-order valence-corrected chi connectivity index (χ3v) is 5.90. The van der Waals surface area contributed by atoms with Gasteiger partial charge in [0.1, 0.15) is 11.8 Å². The van der Waals surface area contributed by atoms with E-state index in [4.69, 9.17) is 4.74 Å². The van der Waals surface area contributed by atoms with Crippen molar-refractivity contribution in [3.05, 3.63) is 59.2 Å². The molecule has 0 radical (unpaired) electrons. The minimum absolute atomic E-state index is 0.0799. The number of carbonyl (C=O) groups is 3. The maximum Gasteiger partial charge on any atom is 0.322 e. The van der Waals surface area contributed by atoms with E-state index in [0.717, 1.165) is 11.8 Å². The van der Waals surface area contributed by atoms with Crippen molar-refractivity contribution in [2.75, 3.05) is 19.9 Å². The Morgan fingerprint density at radius 3 is 2.59 bits per heavy atom. The summed E-state index contributed by atoms with van der Waals surface area (Å²) in [4.78, 5) is 36.9. The van der Waals surface area contributed by atoms with Crippen molar-refractivity contribution in [2.24, 2.45) is 0 Å². The number of hydrogen-bond acceptors (Lipinski definition) is 6. The van der Waals surface area contributed by atoms with E-state index in [9.17, 15) is 22.8 Å². The molecule has 0 bridgehead atoms. The fourth-order valence-electron chi connectivity index (χ4n) is 3.17. The zero-order valence-electron chi connectivity index (χ0n) is 17.4. The van der Waals surface area contributed by atoms with Crippen molar-refractivity contribution < 1.29 is 27.5 Å². The number of amides is 4. The number of imide groups is 1. The van der Waals surface area contributed by atoms with Gasteiger partial charge in [-0.25, -0.2) is 13.2 Å². The van der Waals surface area contributed by atoms with Crippen LogP contribution in [0.5, 0.6) is 5.75 Å². The van der Waals surface area contributed by atoms with Gasteiger partial charge in [-0.05, 0) is 42.0 Å². The second-order valence-electron chi connectivity index (χ2n) is 7.06. The first kappa shape index (κ1) is 22.8. The number of carbonyl (C=O) groups excluding carboxylic acids is 3. The Balaban J connectivity index is 1.80. The lowest BCUT2D eigenvalue weighted by Crippen LogP contribution is -2.46. The number of benzene rings is 2. The lowest BCUT2D eigenvalue weighted by Gasteiger charge is -2.21. The van der Waals surface area contributed by atoms with Crippen LogP contribution in [0.25, 0.3) is 0 Å². The first-order valence-corrected chi connectivity index (χ1v) is 11.4. The molecular formula is C22H21N3O6S. The normalized spacial score (nSPS) is 13.4. The molecule has 1 aliphatic rings.